The van der Waals surface area contributed by atoms with Gasteiger partial charge in [-0.05, 0) is 36.8 Å². The number of rotatable bonds is 3. The number of hydrogen-bond acceptors (Lipinski definition) is 3. The van der Waals surface area contributed by atoms with Crippen LogP contribution in [-0.2, 0) is 10.0 Å². The van der Waals surface area contributed by atoms with E-state index >= 15 is 0 Å². The van der Waals surface area contributed by atoms with Crippen LogP contribution in [0.1, 0.15) is 5.56 Å². The first-order chi connectivity index (χ1) is 9.97. The van der Waals surface area contributed by atoms with E-state index in [4.69, 9.17) is 0 Å². The molecule has 0 saturated carbocycles. The second-order valence-electron chi connectivity index (χ2n) is 4.62. The third-order valence-corrected chi connectivity index (χ3v) is 4.55. The van der Waals surface area contributed by atoms with Crippen molar-refractivity contribution < 1.29 is 12.8 Å². The van der Waals surface area contributed by atoms with Gasteiger partial charge in [-0.15, -0.1) is 0 Å². The number of nitrogens with zero attached hydrogens (tertiary/aromatic N) is 1. The van der Waals surface area contributed by atoms with E-state index in [0.29, 0.717) is 16.6 Å². The fraction of sp³-hybridized carbons (Fsp3) is 0.0714. The van der Waals surface area contributed by atoms with Crippen LogP contribution >= 0.6 is 0 Å². The van der Waals surface area contributed by atoms with Crippen molar-refractivity contribution in [1.29, 1.82) is 0 Å². The molecule has 5 nitrogen and oxygen atoms in total. The quantitative estimate of drug-likeness (QED) is 0.781. The number of anilines is 1. The maximum atomic E-state index is 13.3. The lowest BCUT2D eigenvalue weighted by Gasteiger charge is -2.09. The second kappa shape index (κ2) is 4.85. The smallest absolute Gasteiger partial charge is 0.264 e. The lowest BCUT2D eigenvalue weighted by molar-refractivity contribution is 0.602. The number of halogens is 1. The van der Waals surface area contributed by atoms with Crippen LogP contribution in [0.15, 0.2) is 47.6 Å². The summed E-state index contributed by atoms with van der Waals surface area (Å²) in [6, 6.07) is 7.27. The molecular formula is C14H12FN3O2S. The lowest BCUT2D eigenvalue weighted by atomic mass is 10.2. The van der Waals surface area contributed by atoms with Gasteiger partial charge in [0.15, 0.2) is 0 Å². The number of nitrogens with one attached hydrogen (secondary N) is 2. The minimum atomic E-state index is -3.82. The molecule has 0 fully saturated rings. The molecule has 2 aromatic heterocycles. The van der Waals surface area contributed by atoms with E-state index in [2.05, 4.69) is 14.7 Å². The van der Waals surface area contributed by atoms with Crippen molar-refractivity contribution in [2.24, 2.45) is 0 Å². The molecule has 7 heteroatoms. The van der Waals surface area contributed by atoms with Crippen molar-refractivity contribution in [2.75, 3.05) is 4.72 Å². The predicted molar refractivity (Wildman–Crippen MR) is 78.0 cm³/mol. The molecule has 3 rings (SSSR count). The van der Waals surface area contributed by atoms with Gasteiger partial charge in [0.1, 0.15) is 16.4 Å². The van der Waals surface area contributed by atoms with Crippen molar-refractivity contribution in [3.8, 4) is 0 Å². The summed E-state index contributed by atoms with van der Waals surface area (Å²) in [7, 11) is -3.82. The van der Waals surface area contributed by atoms with E-state index in [1.54, 1.807) is 25.3 Å². The van der Waals surface area contributed by atoms with E-state index in [0.717, 1.165) is 6.07 Å². The summed E-state index contributed by atoms with van der Waals surface area (Å²) >= 11 is 0. The highest BCUT2D eigenvalue weighted by Gasteiger charge is 2.20. The highest BCUT2D eigenvalue weighted by molar-refractivity contribution is 7.93. The average molecular weight is 305 g/mol. The van der Waals surface area contributed by atoms with Crippen LogP contribution in [0.5, 0.6) is 0 Å². The third kappa shape index (κ3) is 2.47. The van der Waals surface area contributed by atoms with Crippen LogP contribution in [0, 0.1) is 12.7 Å². The van der Waals surface area contributed by atoms with E-state index in [9.17, 15) is 12.8 Å². The lowest BCUT2D eigenvalue weighted by Crippen LogP contribution is -2.13. The van der Waals surface area contributed by atoms with Gasteiger partial charge in [0.25, 0.3) is 10.0 Å². The Morgan fingerprint density at radius 3 is 2.90 bits per heavy atom. The molecule has 21 heavy (non-hydrogen) atoms. The van der Waals surface area contributed by atoms with Gasteiger partial charge in [-0.3, -0.25) is 4.72 Å². The number of sulfonamides is 1. The van der Waals surface area contributed by atoms with Gasteiger partial charge in [-0.1, -0.05) is 6.07 Å². The van der Waals surface area contributed by atoms with Crippen LogP contribution in [0.3, 0.4) is 0 Å². The van der Waals surface area contributed by atoms with E-state index in [1.807, 2.05) is 0 Å². The minimum absolute atomic E-state index is 0.0780. The van der Waals surface area contributed by atoms with Gasteiger partial charge in [-0.25, -0.2) is 17.8 Å². The topological polar surface area (TPSA) is 74.8 Å². The summed E-state index contributed by atoms with van der Waals surface area (Å²) in [4.78, 5) is 6.93. The first-order valence-corrected chi connectivity index (χ1v) is 7.67. The Bertz CT molecular complexity index is 919. The molecule has 2 N–H and O–H groups in total. The van der Waals surface area contributed by atoms with Crippen LogP contribution in [0.2, 0.25) is 0 Å². The summed E-state index contributed by atoms with van der Waals surface area (Å²) in [5, 5.41) is 0.485. The predicted octanol–water partition coefficient (Wildman–Crippen LogP) is 2.81. The van der Waals surface area contributed by atoms with Crippen molar-refractivity contribution in [1.82, 2.24) is 9.97 Å². The molecule has 0 unspecified atom stereocenters. The molecule has 1 aromatic carbocycles. The summed E-state index contributed by atoms with van der Waals surface area (Å²) in [5.41, 5.74) is 1.33. The van der Waals surface area contributed by atoms with E-state index < -0.39 is 15.8 Å². The van der Waals surface area contributed by atoms with Crippen LogP contribution in [0.25, 0.3) is 11.0 Å². The number of aryl methyl sites for hydroxylation is 1. The van der Waals surface area contributed by atoms with Crippen molar-refractivity contribution in [3.05, 3.63) is 54.1 Å². The fourth-order valence-electron chi connectivity index (χ4n) is 2.06. The van der Waals surface area contributed by atoms with E-state index in [-0.39, 0.29) is 10.6 Å². The summed E-state index contributed by atoms with van der Waals surface area (Å²) in [6.45, 7) is 1.70. The minimum Gasteiger partial charge on any atom is -0.345 e. The zero-order chi connectivity index (χ0) is 15.0. The maximum Gasteiger partial charge on any atom is 0.264 e. The Morgan fingerprint density at radius 1 is 1.29 bits per heavy atom. The Hall–Kier alpha value is -2.41. The molecule has 0 amide bonds. The first-order valence-electron chi connectivity index (χ1n) is 6.18. The molecule has 0 spiro atoms. The number of fused-ring (bicyclic) bond motifs is 1. The van der Waals surface area contributed by atoms with Gasteiger partial charge in [0, 0.05) is 17.8 Å². The van der Waals surface area contributed by atoms with Crippen LogP contribution in [0.4, 0.5) is 10.1 Å². The molecule has 3 aromatic rings. The molecule has 0 bridgehead atoms. The van der Waals surface area contributed by atoms with Gasteiger partial charge in [0.05, 0.1) is 5.69 Å². The van der Waals surface area contributed by atoms with Crippen molar-refractivity contribution in [2.45, 2.75) is 11.8 Å². The molecule has 108 valence electrons. The van der Waals surface area contributed by atoms with E-state index in [1.165, 1.54) is 18.3 Å². The molecule has 0 saturated heterocycles. The summed E-state index contributed by atoms with van der Waals surface area (Å²) in [5.74, 6) is -0.501. The fourth-order valence-corrected chi connectivity index (χ4v) is 3.34. The largest absolute Gasteiger partial charge is 0.345 e. The van der Waals surface area contributed by atoms with Gasteiger partial charge >= 0.3 is 0 Å². The summed E-state index contributed by atoms with van der Waals surface area (Å²) < 4.78 is 40.6. The summed E-state index contributed by atoms with van der Waals surface area (Å²) in [6.07, 6.45) is 2.94. The van der Waals surface area contributed by atoms with Crippen LogP contribution < -0.4 is 4.72 Å². The Labute approximate surface area is 120 Å². The highest BCUT2D eigenvalue weighted by Crippen LogP contribution is 2.25. The van der Waals surface area contributed by atoms with Crippen LogP contribution in [-0.4, -0.2) is 18.4 Å². The molecule has 0 atom stereocenters. The normalized spacial score (nSPS) is 11.7. The average Bonchev–Trinajstić information content (AvgIpc) is 2.87. The number of H-pyrrole nitrogens is 1. The Kier molecular flexibility index (Phi) is 3.13. The third-order valence-electron chi connectivity index (χ3n) is 3.15. The molecule has 2 heterocycles. The number of hydrogen-bond donors (Lipinski definition) is 2. The molecule has 0 radical (unpaired) electrons. The standard InChI is InChI=1S/C14H12FN3O2S/c1-9-4-5-10(15)7-12(9)18-21(19,20)13-8-17-14-11(13)3-2-6-16-14/h2-8,18H,1H3,(H,16,17). The monoisotopic (exact) mass is 305 g/mol. The van der Waals surface area contributed by atoms with Gasteiger partial charge in [-0.2, -0.15) is 0 Å². The molecule has 0 aliphatic heterocycles. The number of benzene rings is 1. The van der Waals surface area contributed by atoms with Gasteiger partial charge < -0.3 is 4.98 Å². The number of aromatic amines is 1. The number of pyridine rings is 1. The second-order valence-corrected chi connectivity index (χ2v) is 6.27. The first kappa shape index (κ1) is 13.6. The molecule has 0 aliphatic rings. The zero-order valence-corrected chi connectivity index (χ0v) is 11.9. The number of aromatic nitrogens is 2. The highest BCUT2D eigenvalue weighted by atomic mass is 32.2. The Balaban J connectivity index is 2.07. The SMILES string of the molecule is Cc1ccc(F)cc1NS(=O)(=O)c1c[nH]c2ncccc12. The molecular weight excluding hydrogens is 293 g/mol. The Morgan fingerprint density at radius 2 is 2.10 bits per heavy atom. The van der Waals surface area contributed by atoms with Crippen molar-refractivity contribution in [3.63, 3.8) is 0 Å². The van der Waals surface area contributed by atoms with Crippen molar-refractivity contribution >= 4 is 26.7 Å². The van der Waals surface area contributed by atoms with Gasteiger partial charge in [0.2, 0.25) is 0 Å². The molecule has 0 aliphatic carbocycles. The maximum absolute atomic E-state index is 13.3. The zero-order valence-electron chi connectivity index (χ0n) is 11.1.